The normalized spacial score (nSPS) is 9.43. The molecule has 0 aromatic rings. The minimum absolute atomic E-state index is 1.22. The van der Waals surface area contributed by atoms with E-state index in [0.29, 0.717) is 0 Å². The molecule has 0 aliphatic rings. The van der Waals surface area contributed by atoms with Gasteiger partial charge in [0.1, 0.15) is 0 Å². The maximum absolute atomic E-state index is 2.43. The van der Waals surface area contributed by atoms with Crippen molar-refractivity contribution in [2.75, 3.05) is 4.43 Å². The zero-order valence-electron chi connectivity index (χ0n) is 4.71. The fourth-order valence-electron chi connectivity index (χ4n) is 0.369. The van der Waals surface area contributed by atoms with E-state index in [1.807, 2.05) is 0 Å². The van der Waals surface area contributed by atoms with Crippen LogP contribution in [0.2, 0.25) is 12.1 Å². The third kappa shape index (κ3) is 6.95. The first-order valence-corrected chi connectivity index (χ1v) is 5.62. The average molecular weight is 226 g/mol. The zero-order valence-corrected chi connectivity index (χ0v) is 7.86. The highest BCUT2D eigenvalue weighted by molar-refractivity contribution is 14.1. The van der Waals surface area contributed by atoms with E-state index >= 15 is 0 Å². The molecule has 0 aromatic heterocycles. The predicted octanol–water partition coefficient (Wildman–Crippen LogP) is 2.37. The quantitative estimate of drug-likeness (QED) is 0.299. The molecule has 0 unspecified atom stereocenters. The van der Waals surface area contributed by atoms with Gasteiger partial charge in [-0.2, -0.15) is 0 Å². The van der Waals surface area contributed by atoms with E-state index in [2.05, 4.69) is 29.5 Å². The molecule has 0 aliphatic carbocycles. The molecular weight excluding hydrogens is 215 g/mol. The molecule has 2 radical (unpaired) electrons. The summed E-state index contributed by atoms with van der Waals surface area (Å²) >= 11 is 2.43. The summed E-state index contributed by atoms with van der Waals surface area (Å²) in [6, 6.07) is 2.84. The van der Waals surface area contributed by atoms with E-state index in [1.54, 1.807) is 0 Å². The van der Waals surface area contributed by atoms with Crippen LogP contribution in [0.4, 0.5) is 0 Å². The first-order valence-electron chi connectivity index (χ1n) is 2.68. The Balaban J connectivity index is 2.45. The molecule has 0 bridgehead atoms. The molecule has 0 aromatic carbocycles. The maximum atomic E-state index is 2.43. The molecule has 0 rings (SSSR count). The second-order valence-corrected chi connectivity index (χ2v) is 4.18. The first-order chi connectivity index (χ1) is 3.41. The smallest absolute Gasteiger partial charge is 0.0375 e. The second-order valence-electron chi connectivity index (χ2n) is 1.40. The van der Waals surface area contributed by atoms with E-state index in [1.165, 1.54) is 32.5 Å². The monoisotopic (exact) mass is 226 g/mol. The van der Waals surface area contributed by atoms with Crippen LogP contribution in [0.5, 0.6) is 0 Å². The van der Waals surface area contributed by atoms with Crippen LogP contribution < -0.4 is 0 Å². The van der Waals surface area contributed by atoms with Crippen molar-refractivity contribution in [1.82, 2.24) is 0 Å². The van der Waals surface area contributed by atoms with Crippen molar-refractivity contribution >= 4 is 32.1 Å². The Bertz CT molecular complexity index is 27.3. The van der Waals surface area contributed by atoms with E-state index < -0.39 is 0 Å². The van der Waals surface area contributed by atoms with Gasteiger partial charge >= 0.3 is 0 Å². The molecule has 0 saturated heterocycles. The minimum atomic E-state index is 1.22. The molecule has 0 atom stereocenters. The van der Waals surface area contributed by atoms with Crippen LogP contribution in [0.1, 0.15) is 13.3 Å². The van der Waals surface area contributed by atoms with Crippen LogP contribution >= 0.6 is 22.6 Å². The van der Waals surface area contributed by atoms with E-state index in [9.17, 15) is 0 Å². The predicted molar refractivity (Wildman–Crippen MR) is 44.5 cm³/mol. The van der Waals surface area contributed by atoms with Crippen LogP contribution in [0.3, 0.4) is 0 Å². The highest BCUT2D eigenvalue weighted by atomic mass is 127. The van der Waals surface area contributed by atoms with Crippen molar-refractivity contribution in [1.29, 1.82) is 0 Å². The molecular formula is C5H11ISi. The first kappa shape index (κ1) is 7.95. The lowest BCUT2D eigenvalue weighted by atomic mass is 10.6. The maximum Gasteiger partial charge on any atom is 0.0375 e. The number of alkyl halides is 1. The van der Waals surface area contributed by atoms with Gasteiger partial charge < -0.3 is 0 Å². The van der Waals surface area contributed by atoms with E-state index in [-0.39, 0.29) is 0 Å². The van der Waals surface area contributed by atoms with Crippen molar-refractivity contribution < 1.29 is 0 Å². The van der Waals surface area contributed by atoms with Crippen LogP contribution in [0.15, 0.2) is 0 Å². The number of hydrogen-bond donors (Lipinski definition) is 0. The summed E-state index contributed by atoms with van der Waals surface area (Å²) in [5.41, 5.74) is 0. The SMILES string of the molecule is CC[Si]CCCI. The summed E-state index contributed by atoms with van der Waals surface area (Å²) in [5, 5.41) is 0. The van der Waals surface area contributed by atoms with Crippen molar-refractivity contribution in [2.24, 2.45) is 0 Å². The number of halogens is 1. The Hall–Kier alpha value is 0.947. The lowest BCUT2D eigenvalue weighted by Crippen LogP contribution is -1.84. The van der Waals surface area contributed by atoms with Crippen LogP contribution in [-0.4, -0.2) is 13.9 Å². The average Bonchev–Trinajstić information content (AvgIpc) is 1.69. The van der Waals surface area contributed by atoms with Gasteiger partial charge in [-0.15, -0.1) is 0 Å². The van der Waals surface area contributed by atoms with Crippen molar-refractivity contribution in [3.63, 3.8) is 0 Å². The third-order valence-corrected chi connectivity index (χ3v) is 2.71. The van der Waals surface area contributed by atoms with E-state index in [4.69, 9.17) is 0 Å². The van der Waals surface area contributed by atoms with Crippen molar-refractivity contribution in [2.45, 2.75) is 25.4 Å². The van der Waals surface area contributed by atoms with Gasteiger partial charge in [0.25, 0.3) is 0 Å². The fourth-order valence-corrected chi connectivity index (χ4v) is 2.25. The van der Waals surface area contributed by atoms with E-state index in [0.717, 1.165) is 0 Å². The molecule has 0 aliphatic heterocycles. The van der Waals surface area contributed by atoms with Crippen molar-refractivity contribution in [3.05, 3.63) is 0 Å². The molecule has 0 N–H and O–H groups in total. The van der Waals surface area contributed by atoms with Crippen molar-refractivity contribution in [3.8, 4) is 0 Å². The molecule has 7 heavy (non-hydrogen) atoms. The molecule has 0 saturated carbocycles. The van der Waals surface area contributed by atoms with Gasteiger partial charge in [0.15, 0.2) is 0 Å². The Morgan fingerprint density at radius 3 is 2.71 bits per heavy atom. The largest absolute Gasteiger partial charge is 0.0864 e. The summed E-state index contributed by atoms with van der Waals surface area (Å²) in [5.74, 6) is 0. The Morgan fingerprint density at radius 2 is 2.29 bits per heavy atom. The van der Waals surface area contributed by atoms with Gasteiger partial charge in [0, 0.05) is 9.52 Å². The summed E-state index contributed by atoms with van der Waals surface area (Å²) in [4.78, 5) is 0. The second kappa shape index (κ2) is 6.95. The summed E-state index contributed by atoms with van der Waals surface area (Å²) in [6.07, 6.45) is 1.42. The van der Waals surface area contributed by atoms with Crippen LogP contribution in [-0.2, 0) is 0 Å². The lowest BCUT2D eigenvalue weighted by Gasteiger charge is -1.88. The fraction of sp³-hybridized carbons (Fsp3) is 1.00. The standard InChI is InChI=1S/C5H11ISi/c1-2-7-5-3-4-6/h2-5H2,1H3. The Kier molecular flexibility index (Phi) is 7.89. The molecule has 2 heteroatoms. The molecule has 0 spiro atoms. The van der Waals surface area contributed by atoms with Gasteiger partial charge in [0.05, 0.1) is 0 Å². The minimum Gasteiger partial charge on any atom is -0.0864 e. The van der Waals surface area contributed by atoms with Gasteiger partial charge in [-0.1, -0.05) is 41.6 Å². The molecule has 0 amide bonds. The Morgan fingerprint density at radius 1 is 1.57 bits per heavy atom. The topological polar surface area (TPSA) is 0 Å². The highest BCUT2D eigenvalue weighted by Gasteiger charge is 1.82. The number of rotatable bonds is 4. The highest BCUT2D eigenvalue weighted by Crippen LogP contribution is 1.94. The van der Waals surface area contributed by atoms with Gasteiger partial charge in [-0.05, 0) is 10.8 Å². The molecule has 0 nitrogen and oxygen atoms in total. The molecule has 0 fully saturated rings. The Labute approximate surface area is 62.0 Å². The number of hydrogen-bond acceptors (Lipinski definition) is 0. The zero-order chi connectivity index (χ0) is 5.54. The molecule has 0 heterocycles. The van der Waals surface area contributed by atoms with Gasteiger partial charge in [-0.25, -0.2) is 0 Å². The summed E-state index contributed by atoms with van der Waals surface area (Å²) in [7, 11) is 1.22. The van der Waals surface area contributed by atoms with Crippen LogP contribution in [0.25, 0.3) is 0 Å². The van der Waals surface area contributed by atoms with Gasteiger partial charge in [0.2, 0.25) is 0 Å². The third-order valence-electron chi connectivity index (χ3n) is 0.737. The summed E-state index contributed by atoms with van der Waals surface area (Å²) < 4.78 is 1.34. The van der Waals surface area contributed by atoms with Crippen LogP contribution in [0, 0.1) is 0 Å². The van der Waals surface area contributed by atoms with Gasteiger partial charge in [-0.3, -0.25) is 0 Å². The lowest BCUT2D eigenvalue weighted by molar-refractivity contribution is 1.10. The summed E-state index contributed by atoms with van der Waals surface area (Å²) in [6.45, 7) is 2.26. The molecule has 42 valence electrons.